The third kappa shape index (κ3) is 4.06. The summed E-state index contributed by atoms with van der Waals surface area (Å²) in [6.07, 6.45) is 1.79. The summed E-state index contributed by atoms with van der Waals surface area (Å²) in [7, 11) is 0. The van der Waals surface area contributed by atoms with Crippen molar-refractivity contribution in [3.05, 3.63) is 69.8 Å². The van der Waals surface area contributed by atoms with Gasteiger partial charge >= 0.3 is 0 Å². The number of rotatable bonds is 5. The number of amides is 1. The number of aryl methyl sites for hydroxylation is 1. The summed E-state index contributed by atoms with van der Waals surface area (Å²) < 4.78 is 13.2. The van der Waals surface area contributed by atoms with E-state index in [1.54, 1.807) is 36.4 Å². The van der Waals surface area contributed by atoms with Crippen LogP contribution >= 0.6 is 22.9 Å². The first-order valence-electron chi connectivity index (χ1n) is 7.90. The average molecular weight is 375 g/mol. The van der Waals surface area contributed by atoms with Gasteiger partial charge in [-0.05, 0) is 42.8 Å². The first-order valence-corrected chi connectivity index (χ1v) is 9.09. The van der Waals surface area contributed by atoms with Crippen molar-refractivity contribution in [2.45, 2.75) is 19.8 Å². The fourth-order valence-corrected chi connectivity index (χ4v) is 3.75. The van der Waals surface area contributed by atoms with E-state index in [0.717, 1.165) is 29.0 Å². The molecule has 0 aliphatic carbocycles. The summed E-state index contributed by atoms with van der Waals surface area (Å²) in [6, 6.07) is 13.1. The van der Waals surface area contributed by atoms with Gasteiger partial charge in [0, 0.05) is 10.4 Å². The first-order chi connectivity index (χ1) is 12.1. The van der Waals surface area contributed by atoms with E-state index in [1.807, 2.05) is 0 Å². The van der Waals surface area contributed by atoms with Gasteiger partial charge in [-0.1, -0.05) is 37.1 Å². The van der Waals surface area contributed by atoms with Gasteiger partial charge in [-0.3, -0.25) is 10.1 Å². The summed E-state index contributed by atoms with van der Waals surface area (Å²) >= 11 is 7.50. The Morgan fingerprint density at radius 1 is 1.20 bits per heavy atom. The van der Waals surface area contributed by atoms with Gasteiger partial charge in [0.25, 0.3) is 5.91 Å². The van der Waals surface area contributed by atoms with E-state index in [1.165, 1.54) is 23.5 Å². The van der Waals surface area contributed by atoms with E-state index in [9.17, 15) is 9.18 Å². The standard InChI is InChI=1S/C19H16ClFN2OS/c1-2-5-16-17(12-8-10-13(21)11-9-12)22-19(25-16)23-18(24)14-6-3-4-7-15(14)20/h3-4,6-11H,2,5H2,1H3,(H,22,23,24). The lowest BCUT2D eigenvalue weighted by atomic mass is 10.1. The van der Waals surface area contributed by atoms with Gasteiger partial charge in [0.1, 0.15) is 5.82 Å². The molecule has 1 heterocycles. The largest absolute Gasteiger partial charge is 0.298 e. The molecule has 3 nitrogen and oxygen atoms in total. The smallest absolute Gasteiger partial charge is 0.258 e. The number of hydrogen-bond acceptors (Lipinski definition) is 3. The second kappa shape index (κ2) is 7.76. The van der Waals surface area contributed by atoms with Crippen LogP contribution in [-0.2, 0) is 6.42 Å². The topological polar surface area (TPSA) is 42.0 Å². The van der Waals surface area contributed by atoms with Crippen molar-refractivity contribution in [3.63, 3.8) is 0 Å². The Balaban J connectivity index is 1.90. The second-order valence-corrected chi connectivity index (χ2v) is 6.97. The van der Waals surface area contributed by atoms with Gasteiger partial charge in [0.15, 0.2) is 5.13 Å². The fourth-order valence-electron chi connectivity index (χ4n) is 2.44. The Bertz CT molecular complexity index is 893. The molecule has 0 bridgehead atoms. The van der Waals surface area contributed by atoms with Gasteiger partial charge < -0.3 is 0 Å². The van der Waals surface area contributed by atoms with E-state index < -0.39 is 0 Å². The molecule has 3 rings (SSSR count). The molecule has 3 aromatic rings. The highest BCUT2D eigenvalue weighted by Crippen LogP contribution is 2.32. The van der Waals surface area contributed by atoms with Crippen LogP contribution in [0.1, 0.15) is 28.6 Å². The van der Waals surface area contributed by atoms with Crippen LogP contribution in [0.2, 0.25) is 5.02 Å². The molecule has 0 aliphatic heterocycles. The monoisotopic (exact) mass is 374 g/mol. The Hall–Kier alpha value is -2.24. The highest BCUT2D eigenvalue weighted by atomic mass is 35.5. The maximum absolute atomic E-state index is 13.2. The van der Waals surface area contributed by atoms with Crippen molar-refractivity contribution in [1.82, 2.24) is 4.98 Å². The minimum atomic E-state index is -0.298. The molecule has 0 atom stereocenters. The quantitative estimate of drug-likeness (QED) is 0.612. The molecule has 0 saturated carbocycles. The molecule has 25 heavy (non-hydrogen) atoms. The zero-order chi connectivity index (χ0) is 17.8. The molecule has 2 aromatic carbocycles. The third-order valence-corrected chi connectivity index (χ3v) is 4.99. The summed E-state index contributed by atoms with van der Waals surface area (Å²) in [5.41, 5.74) is 2.01. The van der Waals surface area contributed by atoms with E-state index in [-0.39, 0.29) is 11.7 Å². The normalized spacial score (nSPS) is 10.7. The summed E-state index contributed by atoms with van der Waals surface area (Å²) in [4.78, 5) is 18.0. The van der Waals surface area contributed by atoms with Crippen molar-refractivity contribution in [3.8, 4) is 11.3 Å². The number of halogens is 2. The molecule has 6 heteroatoms. The van der Waals surface area contributed by atoms with Crippen LogP contribution in [0.3, 0.4) is 0 Å². The predicted molar refractivity (Wildman–Crippen MR) is 101 cm³/mol. The molecule has 128 valence electrons. The van der Waals surface area contributed by atoms with Crippen molar-refractivity contribution in [1.29, 1.82) is 0 Å². The lowest BCUT2D eigenvalue weighted by molar-refractivity contribution is 0.102. The first kappa shape index (κ1) is 17.6. The number of nitrogens with one attached hydrogen (secondary N) is 1. The minimum Gasteiger partial charge on any atom is -0.298 e. The van der Waals surface area contributed by atoms with Crippen molar-refractivity contribution < 1.29 is 9.18 Å². The van der Waals surface area contributed by atoms with Crippen LogP contribution in [0.5, 0.6) is 0 Å². The fraction of sp³-hybridized carbons (Fsp3) is 0.158. The summed E-state index contributed by atoms with van der Waals surface area (Å²) in [5, 5.41) is 3.71. The minimum absolute atomic E-state index is 0.289. The number of carbonyl (C=O) groups excluding carboxylic acids is 1. The number of hydrogen-bond donors (Lipinski definition) is 1. The Morgan fingerprint density at radius 2 is 1.92 bits per heavy atom. The van der Waals surface area contributed by atoms with Gasteiger partial charge in [-0.25, -0.2) is 9.37 Å². The van der Waals surface area contributed by atoms with E-state index in [2.05, 4.69) is 17.2 Å². The molecule has 0 saturated heterocycles. The molecule has 0 fully saturated rings. The Morgan fingerprint density at radius 3 is 2.60 bits per heavy atom. The number of aromatic nitrogens is 1. The average Bonchev–Trinajstić information content (AvgIpc) is 2.98. The molecule has 0 spiro atoms. The lowest BCUT2D eigenvalue weighted by Crippen LogP contribution is -2.12. The molecular weight excluding hydrogens is 359 g/mol. The molecular formula is C19H16ClFN2OS. The lowest BCUT2D eigenvalue weighted by Gasteiger charge is -2.03. The van der Waals surface area contributed by atoms with Crippen LogP contribution in [0.15, 0.2) is 48.5 Å². The highest BCUT2D eigenvalue weighted by molar-refractivity contribution is 7.16. The third-order valence-electron chi connectivity index (χ3n) is 3.63. The van der Waals surface area contributed by atoms with Crippen molar-refractivity contribution in [2.75, 3.05) is 5.32 Å². The second-order valence-electron chi connectivity index (χ2n) is 5.48. The van der Waals surface area contributed by atoms with E-state index >= 15 is 0 Å². The highest BCUT2D eigenvalue weighted by Gasteiger charge is 2.16. The van der Waals surface area contributed by atoms with Gasteiger partial charge in [0.2, 0.25) is 0 Å². The summed E-state index contributed by atoms with van der Waals surface area (Å²) in [5.74, 6) is -0.587. The maximum Gasteiger partial charge on any atom is 0.258 e. The Labute approximate surface area is 154 Å². The number of nitrogens with zero attached hydrogens (tertiary/aromatic N) is 1. The molecule has 0 unspecified atom stereocenters. The van der Waals surface area contributed by atoms with Crippen molar-refractivity contribution in [2.24, 2.45) is 0 Å². The molecule has 1 amide bonds. The summed E-state index contributed by atoms with van der Waals surface area (Å²) in [6.45, 7) is 2.08. The molecule has 1 aromatic heterocycles. The number of benzene rings is 2. The van der Waals surface area contributed by atoms with Crippen LogP contribution in [0.25, 0.3) is 11.3 Å². The van der Waals surface area contributed by atoms with Gasteiger partial charge in [-0.15, -0.1) is 11.3 Å². The Kier molecular flexibility index (Phi) is 5.46. The number of carbonyl (C=O) groups is 1. The van der Waals surface area contributed by atoms with Gasteiger partial charge in [0.05, 0.1) is 16.3 Å². The van der Waals surface area contributed by atoms with E-state index in [4.69, 9.17) is 11.6 Å². The number of thiazole rings is 1. The SMILES string of the molecule is CCCc1sc(NC(=O)c2ccccc2Cl)nc1-c1ccc(F)cc1. The zero-order valence-electron chi connectivity index (χ0n) is 13.6. The van der Waals surface area contributed by atoms with Crippen LogP contribution in [0, 0.1) is 5.82 Å². The molecule has 0 aliphatic rings. The predicted octanol–water partition coefficient (Wildman–Crippen LogP) is 5.81. The van der Waals surface area contributed by atoms with Crippen molar-refractivity contribution >= 4 is 34.0 Å². The van der Waals surface area contributed by atoms with Gasteiger partial charge in [-0.2, -0.15) is 0 Å². The van der Waals surface area contributed by atoms with E-state index in [0.29, 0.717) is 15.7 Å². The van der Waals surface area contributed by atoms with Crippen LogP contribution in [0.4, 0.5) is 9.52 Å². The molecule has 0 radical (unpaired) electrons. The van der Waals surface area contributed by atoms with Crippen LogP contribution < -0.4 is 5.32 Å². The van der Waals surface area contributed by atoms with Crippen LogP contribution in [-0.4, -0.2) is 10.9 Å². The number of anilines is 1. The maximum atomic E-state index is 13.2. The molecule has 1 N–H and O–H groups in total. The zero-order valence-corrected chi connectivity index (χ0v) is 15.1.